The first-order valence-electron chi connectivity index (χ1n) is 8.92. The third-order valence-corrected chi connectivity index (χ3v) is 4.80. The molecular weight excluding hydrogens is 347 g/mol. The average molecular weight is 370 g/mol. The number of anilines is 1. The molecule has 27 heavy (non-hydrogen) atoms. The molecule has 4 heterocycles. The summed E-state index contributed by atoms with van der Waals surface area (Å²) in [5.74, 6) is 2.91. The molecular formula is C18H23FN8. The van der Waals surface area contributed by atoms with Crippen molar-refractivity contribution in [3.05, 3.63) is 35.6 Å². The summed E-state index contributed by atoms with van der Waals surface area (Å²) in [6.45, 7) is 9.27. The number of hydrogen-bond donors (Lipinski definition) is 0. The van der Waals surface area contributed by atoms with E-state index in [0.29, 0.717) is 24.7 Å². The third kappa shape index (κ3) is 3.07. The van der Waals surface area contributed by atoms with Crippen LogP contribution in [0.3, 0.4) is 0 Å². The summed E-state index contributed by atoms with van der Waals surface area (Å²) < 4.78 is 17.4. The lowest BCUT2D eigenvalue weighted by Crippen LogP contribution is -2.24. The number of rotatable bonds is 3. The van der Waals surface area contributed by atoms with E-state index in [0.717, 1.165) is 22.7 Å². The van der Waals surface area contributed by atoms with Gasteiger partial charge in [0.2, 0.25) is 0 Å². The van der Waals surface area contributed by atoms with Crippen LogP contribution in [-0.2, 0) is 19.0 Å². The minimum atomic E-state index is -0.245. The van der Waals surface area contributed by atoms with Crippen LogP contribution < -0.4 is 4.90 Å². The summed E-state index contributed by atoms with van der Waals surface area (Å²) in [5.41, 5.74) is 0.475. The van der Waals surface area contributed by atoms with Crippen molar-refractivity contribution in [2.75, 3.05) is 18.0 Å². The highest BCUT2D eigenvalue weighted by atomic mass is 19.1. The summed E-state index contributed by atoms with van der Waals surface area (Å²) in [6, 6.07) is 0. The number of hydrogen-bond acceptors (Lipinski definition) is 6. The molecule has 0 bridgehead atoms. The fraction of sp³-hybridized carbons (Fsp3) is 0.500. The first-order chi connectivity index (χ1) is 12.7. The Morgan fingerprint density at radius 1 is 1.19 bits per heavy atom. The maximum absolute atomic E-state index is 13.7. The van der Waals surface area contributed by atoms with Crippen LogP contribution in [0.15, 0.2) is 18.1 Å². The highest BCUT2D eigenvalue weighted by molar-refractivity contribution is 5.87. The third-order valence-electron chi connectivity index (χ3n) is 4.80. The lowest BCUT2D eigenvalue weighted by Gasteiger charge is -2.22. The number of fused-ring (bicyclic) bond motifs is 1. The van der Waals surface area contributed by atoms with Gasteiger partial charge < -0.3 is 9.47 Å². The van der Waals surface area contributed by atoms with Gasteiger partial charge >= 0.3 is 0 Å². The fourth-order valence-corrected chi connectivity index (χ4v) is 3.04. The Balaban J connectivity index is 1.84. The van der Waals surface area contributed by atoms with Gasteiger partial charge in [0.05, 0.1) is 18.1 Å². The molecule has 3 aromatic heterocycles. The van der Waals surface area contributed by atoms with Crippen LogP contribution in [0.2, 0.25) is 0 Å². The van der Waals surface area contributed by atoms with E-state index < -0.39 is 0 Å². The van der Waals surface area contributed by atoms with Gasteiger partial charge in [-0.25, -0.2) is 19.0 Å². The Labute approximate surface area is 156 Å². The van der Waals surface area contributed by atoms with Crippen molar-refractivity contribution in [1.29, 1.82) is 0 Å². The summed E-state index contributed by atoms with van der Waals surface area (Å²) in [4.78, 5) is 11.5. The van der Waals surface area contributed by atoms with E-state index in [1.807, 2.05) is 23.4 Å². The van der Waals surface area contributed by atoms with Gasteiger partial charge in [-0.3, -0.25) is 0 Å². The quantitative estimate of drug-likeness (QED) is 0.704. The van der Waals surface area contributed by atoms with Crippen LogP contribution >= 0.6 is 0 Å². The normalized spacial score (nSPS) is 15.0. The number of aromatic nitrogens is 7. The van der Waals surface area contributed by atoms with Crippen molar-refractivity contribution >= 4 is 16.9 Å². The van der Waals surface area contributed by atoms with Crippen LogP contribution in [0.1, 0.15) is 38.2 Å². The molecule has 0 amide bonds. The molecule has 142 valence electrons. The van der Waals surface area contributed by atoms with Gasteiger partial charge in [0.25, 0.3) is 0 Å². The molecule has 4 rings (SSSR count). The van der Waals surface area contributed by atoms with E-state index in [4.69, 9.17) is 9.97 Å². The van der Waals surface area contributed by atoms with Crippen LogP contribution in [0.4, 0.5) is 10.2 Å². The van der Waals surface area contributed by atoms with Crippen LogP contribution in [0, 0.1) is 6.92 Å². The van der Waals surface area contributed by atoms with E-state index in [1.165, 1.54) is 0 Å². The monoisotopic (exact) mass is 370 g/mol. The Morgan fingerprint density at radius 2 is 1.96 bits per heavy atom. The predicted molar refractivity (Wildman–Crippen MR) is 100 cm³/mol. The van der Waals surface area contributed by atoms with Crippen LogP contribution in [-0.4, -0.2) is 47.6 Å². The lowest BCUT2D eigenvalue weighted by atomic mass is 9.95. The Kier molecular flexibility index (Phi) is 3.97. The van der Waals surface area contributed by atoms with Crippen molar-refractivity contribution in [1.82, 2.24) is 34.5 Å². The lowest BCUT2D eigenvalue weighted by molar-refractivity contribution is 0.544. The second-order valence-corrected chi connectivity index (χ2v) is 7.91. The zero-order chi connectivity index (χ0) is 19.3. The molecule has 9 heteroatoms. The van der Waals surface area contributed by atoms with E-state index >= 15 is 0 Å². The van der Waals surface area contributed by atoms with Crippen molar-refractivity contribution < 1.29 is 4.39 Å². The van der Waals surface area contributed by atoms with Crippen molar-refractivity contribution in [3.8, 4) is 0 Å². The van der Waals surface area contributed by atoms with Crippen LogP contribution in [0.5, 0.6) is 0 Å². The topological polar surface area (TPSA) is 77.6 Å². The average Bonchev–Trinajstić information content (AvgIpc) is 3.29. The summed E-state index contributed by atoms with van der Waals surface area (Å²) in [7, 11) is 1.93. The van der Waals surface area contributed by atoms with Crippen molar-refractivity contribution in [2.24, 2.45) is 7.05 Å². The first kappa shape index (κ1) is 17.6. The Hall–Kier alpha value is -2.84. The Bertz CT molecular complexity index is 1040. The second-order valence-electron chi connectivity index (χ2n) is 7.91. The molecule has 0 radical (unpaired) electrons. The fourth-order valence-electron chi connectivity index (χ4n) is 3.04. The van der Waals surface area contributed by atoms with Gasteiger partial charge in [0.1, 0.15) is 29.8 Å². The first-order valence-corrected chi connectivity index (χ1v) is 8.92. The number of nitrogens with zero attached hydrogens (tertiary/aromatic N) is 8. The van der Waals surface area contributed by atoms with E-state index in [9.17, 15) is 4.39 Å². The molecule has 3 aromatic rings. The molecule has 0 atom stereocenters. The van der Waals surface area contributed by atoms with Crippen molar-refractivity contribution in [2.45, 2.75) is 39.7 Å². The summed E-state index contributed by atoms with van der Waals surface area (Å²) in [6.07, 6.45) is 3.33. The second kappa shape index (κ2) is 6.11. The highest BCUT2D eigenvalue weighted by Crippen LogP contribution is 2.30. The number of halogens is 1. The molecule has 0 spiro atoms. The molecule has 1 aliphatic rings. The SMILES string of the molecule is Cc1nnc(Cn2ncc3c(N4CC=C(F)C4)nc(C(C)(C)C)nc32)n1C. The largest absolute Gasteiger partial charge is 0.345 e. The number of aryl methyl sites for hydroxylation is 1. The summed E-state index contributed by atoms with van der Waals surface area (Å²) >= 11 is 0. The predicted octanol–water partition coefficient (Wildman–Crippen LogP) is 2.28. The van der Waals surface area contributed by atoms with E-state index in [1.54, 1.807) is 17.0 Å². The van der Waals surface area contributed by atoms with Gasteiger partial charge in [0, 0.05) is 19.0 Å². The van der Waals surface area contributed by atoms with Gasteiger partial charge in [-0.15, -0.1) is 10.2 Å². The van der Waals surface area contributed by atoms with E-state index in [-0.39, 0.29) is 17.8 Å². The molecule has 0 saturated heterocycles. The summed E-state index contributed by atoms with van der Waals surface area (Å²) in [5, 5.41) is 13.6. The minimum absolute atomic E-state index is 0.138. The zero-order valence-corrected chi connectivity index (χ0v) is 16.2. The van der Waals surface area contributed by atoms with Gasteiger partial charge in [-0.1, -0.05) is 20.8 Å². The molecule has 0 aromatic carbocycles. The molecule has 1 aliphatic heterocycles. The zero-order valence-electron chi connectivity index (χ0n) is 16.2. The molecule has 0 fully saturated rings. The highest BCUT2D eigenvalue weighted by Gasteiger charge is 2.26. The minimum Gasteiger partial charge on any atom is -0.345 e. The molecule has 8 nitrogen and oxygen atoms in total. The molecule has 0 saturated carbocycles. The maximum Gasteiger partial charge on any atom is 0.164 e. The van der Waals surface area contributed by atoms with Gasteiger partial charge in [-0.2, -0.15) is 5.10 Å². The van der Waals surface area contributed by atoms with Gasteiger partial charge in [0.15, 0.2) is 11.5 Å². The molecule has 0 aliphatic carbocycles. The van der Waals surface area contributed by atoms with Crippen molar-refractivity contribution in [3.63, 3.8) is 0 Å². The van der Waals surface area contributed by atoms with Gasteiger partial charge in [-0.05, 0) is 13.0 Å². The smallest absolute Gasteiger partial charge is 0.164 e. The van der Waals surface area contributed by atoms with E-state index in [2.05, 4.69) is 36.1 Å². The Morgan fingerprint density at radius 3 is 2.56 bits per heavy atom. The maximum atomic E-state index is 13.7. The molecule has 0 N–H and O–H groups in total. The van der Waals surface area contributed by atoms with Crippen LogP contribution in [0.25, 0.3) is 11.0 Å². The standard InChI is InChI=1S/C18H23FN8/c1-11-23-24-14(25(11)5)10-27-16-13(8-20-27)15(26-7-6-12(19)9-26)21-17(22-16)18(2,3)4/h6,8H,7,9-10H2,1-5H3. The molecule has 0 unspecified atom stereocenters.